The lowest BCUT2D eigenvalue weighted by Crippen LogP contribution is -2.60. The number of benzene rings is 5. The second kappa shape index (κ2) is 30.6. The quantitative estimate of drug-likeness (QED) is 0.0942. The third kappa shape index (κ3) is 14.8. The van der Waals surface area contributed by atoms with Gasteiger partial charge in [0.15, 0.2) is 11.5 Å². The maximum atomic E-state index is 16.5. The summed E-state index contributed by atoms with van der Waals surface area (Å²) in [6, 6.07) is 0.824. The summed E-state index contributed by atoms with van der Waals surface area (Å²) in [5.74, 6) is -9.75. The summed E-state index contributed by atoms with van der Waals surface area (Å²) in [5, 5.41) is 124. The third-order valence-corrected chi connectivity index (χ3v) is 25.7. The third-order valence-electron chi connectivity index (χ3n) is 25.4. The van der Waals surface area contributed by atoms with E-state index in [1.165, 1.54) is 67.7 Å². The number of phenols is 2. The molecular formula is C81H93ClN10O21. The van der Waals surface area contributed by atoms with E-state index in [1.54, 1.807) is 6.92 Å². The Hall–Kier alpha value is -9.70. The van der Waals surface area contributed by atoms with E-state index in [-0.39, 0.29) is 115 Å². The standard InChI is InChI=1S/C81H93ClN10O21/c1-30(2)11-49(83-4)73(102)90-63-65(96)37-6-9-52-46(24-37)67(98)72-69(100)68(99)70(101)80(113-72)112-71-54(110-52)26-43-27-55(71)111-53-10-7-38(25-48(53)82)66(97)64-79(108)89-62(77(106)86-58-39-15-32-13-33(17-39)18-40(58)16-32)47-28-44(93)12-31(3)57(47)45-23-36(5-8-51(45)94)60(75(104)91-64)88-76(105)61(43)87-74(103)50(84-78(63)107)29-56(95)85-81(109)92-59-41-19-34-14-35(21-41)22-42(59)20-34/h5-10,12,23-28,30,32-35,39-42,49-50,58-70,72,80,83,93-94,96-101H,11,13-22,29H2,1-4H3,(H,84,107)(H,86,106)(H,87,103)(H,88,105)(H,89,108)(H,90,102)(H,91,104)(H2,85,92,95,109)/t32?,33?,34?,35?,39?,40?,41?,42?,49-,50+,58?,59?,60+,61-,62+,63-,64+,65-,66-,67?,68+,69+,70-,72-,80-/m1/s1. The average Bonchev–Trinajstić information content (AvgIpc) is 0.767. The molecule has 10 amide bonds. The van der Waals surface area contributed by atoms with Gasteiger partial charge in [-0.2, -0.15) is 0 Å². The number of rotatable bonds is 10. The smallest absolute Gasteiger partial charge is 0.321 e. The Balaban J connectivity index is 0.862. The average molecular weight is 1580 g/mol. The van der Waals surface area contributed by atoms with E-state index in [1.807, 2.05) is 13.8 Å². The maximum Gasteiger partial charge on any atom is 0.321 e. The summed E-state index contributed by atoms with van der Waals surface area (Å²) in [6.45, 7) is 5.24. The Morgan fingerprint density at radius 2 is 1.14 bits per heavy atom. The van der Waals surface area contributed by atoms with Gasteiger partial charge >= 0.3 is 6.03 Å². The van der Waals surface area contributed by atoms with Crippen LogP contribution in [-0.2, 0) is 43.1 Å². The minimum Gasteiger partial charge on any atom is -0.508 e. The molecule has 8 aliphatic carbocycles. The van der Waals surface area contributed by atoms with Gasteiger partial charge in [-0.1, -0.05) is 43.6 Å². The number of fused-ring (bicyclic) bond motifs is 16. The van der Waals surface area contributed by atoms with Crippen molar-refractivity contribution in [1.29, 1.82) is 0 Å². The van der Waals surface area contributed by atoms with Crippen molar-refractivity contribution in [2.75, 3.05) is 7.05 Å². The van der Waals surface area contributed by atoms with Gasteiger partial charge in [-0.25, -0.2) is 4.79 Å². The summed E-state index contributed by atoms with van der Waals surface area (Å²) in [4.78, 5) is 139. The molecular weight excluding hydrogens is 1480 g/mol. The van der Waals surface area contributed by atoms with Crippen LogP contribution in [0.3, 0.4) is 0 Å². The summed E-state index contributed by atoms with van der Waals surface area (Å²) < 4.78 is 26.0. The predicted molar refractivity (Wildman–Crippen MR) is 398 cm³/mol. The van der Waals surface area contributed by atoms with Gasteiger partial charge in [-0.15, -0.1) is 0 Å². The normalized spacial score (nSPS) is 34.1. The highest BCUT2D eigenvalue weighted by Gasteiger charge is 2.54. The number of aromatic hydroxyl groups is 2. The Morgan fingerprint density at radius 1 is 0.558 bits per heavy atom. The van der Waals surface area contributed by atoms with Crippen molar-refractivity contribution in [2.24, 2.45) is 53.3 Å². The van der Waals surface area contributed by atoms with Crippen LogP contribution in [0.1, 0.15) is 166 Å². The molecule has 20 rings (SSSR count). The zero-order chi connectivity index (χ0) is 79.6. The number of nitrogens with one attached hydrogen (secondary N) is 10. The van der Waals surface area contributed by atoms with E-state index in [4.69, 9.17) is 30.5 Å². The van der Waals surface area contributed by atoms with Crippen LogP contribution in [0.4, 0.5) is 4.79 Å². The molecule has 8 saturated carbocycles. The molecule has 15 atom stereocenters. The highest BCUT2D eigenvalue weighted by Crippen LogP contribution is 2.56. The number of carbonyl (C=O) groups excluding carboxylic acids is 9. The van der Waals surface area contributed by atoms with E-state index in [0.717, 1.165) is 82.4 Å². The Bertz CT molecular complexity index is 4640. The molecule has 0 spiro atoms. The molecule has 113 heavy (non-hydrogen) atoms. The molecule has 5 aromatic rings. The van der Waals surface area contributed by atoms with E-state index in [0.29, 0.717) is 23.7 Å². The minimum absolute atomic E-state index is 0.0241. The van der Waals surface area contributed by atoms with Crippen LogP contribution in [-0.4, -0.2) is 168 Å². The summed E-state index contributed by atoms with van der Waals surface area (Å²) in [5.41, 5.74) is -1.05. The van der Waals surface area contributed by atoms with Crippen molar-refractivity contribution in [1.82, 2.24) is 53.2 Å². The number of halogens is 1. The number of phenolic OH excluding ortho intramolecular Hbond substituents is 2. The number of imide groups is 1. The molecule has 22 bridgehead atoms. The number of urea groups is 1. The number of aryl methyl sites for hydroxylation is 1. The molecule has 7 heterocycles. The molecule has 1 saturated heterocycles. The maximum absolute atomic E-state index is 16.5. The second-order valence-corrected chi connectivity index (χ2v) is 33.8. The first-order chi connectivity index (χ1) is 54.0. The lowest BCUT2D eigenvalue weighted by Gasteiger charge is -2.54. The van der Waals surface area contributed by atoms with Crippen molar-refractivity contribution in [2.45, 2.75) is 201 Å². The number of amides is 10. The zero-order valence-electron chi connectivity index (χ0n) is 62.3. The molecule has 32 heteroatoms. The van der Waals surface area contributed by atoms with Crippen molar-refractivity contribution in [3.63, 3.8) is 0 Å². The van der Waals surface area contributed by atoms with Crippen LogP contribution < -0.4 is 67.4 Å². The highest BCUT2D eigenvalue weighted by atomic mass is 35.5. The molecule has 18 N–H and O–H groups in total. The summed E-state index contributed by atoms with van der Waals surface area (Å²) in [6.07, 6.45) is -8.35. The number of hydrogen-bond donors (Lipinski definition) is 18. The summed E-state index contributed by atoms with van der Waals surface area (Å²) in [7, 11) is 1.49. The molecule has 9 fully saturated rings. The molecule has 0 radical (unpaired) electrons. The van der Waals surface area contributed by atoms with Crippen LogP contribution >= 0.6 is 11.6 Å². The van der Waals surface area contributed by atoms with Crippen LogP contribution in [0.25, 0.3) is 11.1 Å². The number of likely N-dealkylation sites (N-methyl/N-ethyl adjacent to an activating group) is 1. The number of ether oxygens (including phenoxy) is 4. The molecule has 31 nitrogen and oxygen atoms in total. The highest BCUT2D eigenvalue weighted by molar-refractivity contribution is 6.32. The first-order valence-corrected chi connectivity index (χ1v) is 39.3. The minimum atomic E-state index is -2.29. The first kappa shape index (κ1) is 77.2. The van der Waals surface area contributed by atoms with E-state index < -0.39 is 180 Å². The van der Waals surface area contributed by atoms with Gasteiger partial charge in [0.05, 0.1) is 17.5 Å². The predicted octanol–water partition coefficient (Wildman–Crippen LogP) is 3.89. The lowest BCUT2D eigenvalue weighted by molar-refractivity contribution is -0.290. The number of carbonyl (C=O) groups is 9. The van der Waals surface area contributed by atoms with E-state index >= 15 is 28.8 Å². The van der Waals surface area contributed by atoms with Crippen LogP contribution in [0.15, 0.2) is 78.9 Å². The number of hydrogen-bond acceptors (Lipinski definition) is 22. The summed E-state index contributed by atoms with van der Waals surface area (Å²) >= 11 is 7.20. The van der Waals surface area contributed by atoms with Gasteiger partial charge in [-0.05, 0) is 237 Å². The fourth-order valence-electron chi connectivity index (χ4n) is 20.4. The van der Waals surface area contributed by atoms with Crippen molar-refractivity contribution in [3.05, 3.63) is 123 Å². The van der Waals surface area contributed by atoms with E-state index in [9.17, 15) is 55.2 Å². The molecule has 15 aliphatic rings. The second-order valence-electron chi connectivity index (χ2n) is 33.4. The molecule has 5 aromatic carbocycles. The lowest BCUT2D eigenvalue weighted by atomic mass is 9.54. The number of aliphatic hydroxyl groups excluding tert-OH is 6. The van der Waals surface area contributed by atoms with Gasteiger partial charge in [-0.3, -0.25) is 43.7 Å². The van der Waals surface area contributed by atoms with E-state index in [2.05, 4.69) is 53.2 Å². The zero-order valence-corrected chi connectivity index (χ0v) is 63.0. The topological polar surface area (TPSA) is 473 Å². The van der Waals surface area contributed by atoms with Crippen molar-refractivity contribution in [3.8, 4) is 51.4 Å². The SMILES string of the molecule is CN[C@H](CC(C)C)C(=O)N[C@H]1C(=O)N[C@@H](CC(=O)NC(=O)NC2C3CC4CC(C3)CC2C4)C(=O)N[C@H]2C(=O)N[C@@H]3C(=O)N[C@H](C(=O)N[C@H](C(=O)NC4C5CC6CC(C5)CC4C6)c4cc(O)cc(C)c4-c4cc3ccc4O)[C@H](O)c3ccc(c(Cl)c3)Oc3cc2cc2c3O[C@@H]3O[C@H](C(O)c4cc(ccc4O2)[C@H]1O)[C@@H](O)[C@H](O)[C@H]3O. The molecule has 1 unspecified atom stereocenters. The van der Waals surface area contributed by atoms with Crippen LogP contribution in [0.2, 0.25) is 5.02 Å². The van der Waals surface area contributed by atoms with Gasteiger partial charge in [0, 0.05) is 23.2 Å². The van der Waals surface area contributed by atoms with Crippen molar-refractivity contribution >= 4 is 64.9 Å². The first-order valence-electron chi connectivity index (χ1n) is 38.9. The largest absolute Gasteiger partial charge is 0.508 e. The molecule has 0 aromatic heterocycles. The van der Waals surface area contributed by atoms with Crippen molar-refractivity contribution < 1.29 is 103 Å². The van der Waals surface area contributed by atoms with Crippen LogP contribution in [0.5, 0.6) is 40.2 Å². The fourth-order valence-corrected chi connectivity index (χ4v) is 20.7. The fraction of sp³-hybridized carbons (Fsp3) is 0.519. The van der Waals surface area contributed by atoms with Gasteiger partial charge in [0.1, 0.15) is 102 Å². The Kier molecular flexibility index (Phi) is 20.9. The molecule has 600 valence electrons. The molecule has 7 aliphatic heterocycles. The van der Waals surface area contributed by atoms with Gasteiger partial charge < -0.3 is 108 Å². The van der Waals surface area contributed by atoms with Gasteiger partial charge in [0.25, 0.3) is 0 Å². The Labute approximate surface area is 653 Å². The monoisotopic (exact) mass is 1580 g/mol. The Morgan fingerprint density at radius 3 is 1.77 bits per heavy atom. The van der Waals surface area contributed by atoms with Crippen LogP contribution in [0, 0.1) is 60.2 Å². The number of aliphatic hydroxyl groups is 6. The van der Waals surface area contributed by atoms with Gasteiger partial charge in [0.2, 0.25) is 59.3 Å².